The van der Waals surface area contributed by atoms with E-state index in [0.29, 0.717) is 0 Å². The van der Waals surface area contributed by atoms with Crippen LogP contribution >= 0.6 is 11.8 Å². The van der Waals surface area contributed by atoms with E-state index in [4.69, 9.17) is 0 Å². The largest absolute Gasteiger partial charge is 0.153 e. The molecule has 15 heavy (non-hydrogen) atoms. The first-order valence-corrected chi connectivity index (χ1v) is 6.47. The molecule has 0 atom stereocenters. The molecule has 0 aliphatic heterocycles. The van der Waals surface area contributed by atoms with E-state index in [9.17, 15) is 0 Å². The Morgan fingerprint density at radius 2 is 1.80 bits per heavy atom. The van der Waals surface area contributed by atoms with E-state index >= 15 is 0 Å². The fourth-order valence-corrected chi connectivity index (χ4v) is 2.07. The second-order valence-electron chi connectivity index (χ2n) is 4.75. The van der Waals surface area contributed by atoms with Crippen molar-refractivity contribution in [2.24, 2.45) is 0 Å². The summed E-state index contributed by atoms with van der Waals surface area (Å²) in [5, 5.41) is 0. The van der Waals surface area contributed by atoms with Crippen LogP contribution in [-0.2, 0) is 11.2 Å². The zero-order valence-corrected chi connectivity index (χ0v) is 10.7. The minimum Gasteiger partial charge on any atom is -0.153 e. The SMILES string of the molecule is C=CCSCc1ccc(C(C)(C)C)cc1. The Labute approximate surface area is 97.8 Å². The molecule has 0 saturated heterocycles. The Balaban J connectivity index is 2.60. The van der Waals surface area contributed by atoms with E-state index in [0.717, 1.165) is 11.5 Å². The van der Waals surface area contributed by atoms with Crippen molar-refractivity contribution in [3.63, 3.8) is 0 Å². The van der Waals surface area contributed by atoms with Gasteiger partial charge in [0.15, 0.2) is 0 Å². The van der Waals surface area contributed by atoms with E-state index in [2.05, 4.69) is 51.6 Å². The van der Waals surface area contributed by atoms with Crippen LogP contribution in [0.2, 0.25) is 0 Å². The van der Waals surface area contributed by atoms with Gasteiger partial charge in [-0.2, -0.15) is 11.8 Å². The second-order valence-corrected chi connectivity index (χ2v) is 5.78. The molecule has 0 aliphatic rings. The van der Waals surface area contributed by atoms with Crippen LogP contribution in [0.5, 0.6) is 0 Å². The fraction of sp³-hybridized carbons (Fsp3) is 0.429. The van der Waals surface area contributed by atoms with Crippen LogP contribution in [0, 0.1) is 0 Å². The van der Waals surface area contributed by atoms with Crippen molar-refractivity contribution in [1.82, 2.24) is 0 Å². The first kappa shape index (κ1) is 12.4. The maximum Gasteiger partial charge on any atom is 0.0187 e. The van der Waals surface area contributed by atoms with E-state index in [1.807, 2.05) is 17.8 Å². The second kappa shape index (κ2) is 5.41. The lowest BCUT2D eigenvalue weighted by molar-refractivity contribution is 0.590. The number of hydrogen-bond acceptors (Lipinski definition) is 1. The quantitative estimate of drug-likeness (QED) is 0.535. The predicted octanol–water partition coefficient (Wildman–Crippen LogP) is 4.40. The Morgan fingerprint density at radius 3 is 2.27 bits per heavy atom. The molecule has 1 aromatic rings. The molecular formula is C14H20S. The van der Waals surface area contributed by atoms with Gasteiger partial charge in [0.25, 0.3) is 0 Å². The zero-order chi connectivity index (χ0) is 11.3. The Morgan fingerprint density at radius 1 is 1.20 bits per heavy atom. The van der Waals surface area contributed by atoms with Crippen LogP contribution in [0.25, 0.3) is 0 Å². The number of hydrogen-bond donors (Lipinski definition) is 0. The van der Waals surface area contributed by atoms with Crippen molar-refractivity contribution >= 4 is 11.8 Å². The fourth-order valence-electron chi connectivity index (χ4n) is 1.36. The predicted molar refractivity (Wildman–Crippen MR) is 71.5 cm³/mol. The lowest BCUT2D eigenvalue weighted by Gasteiger charge is -2.19. The van der Waals surface area contributed by atoms with Gasteiger partial charge in [-0.15, -0.1) is 6.58 Å². The molecule has 0 fully saturated rings. The third kappa shape index (κ3) is 4.13. The van der Waals surface area contributed by atoms with Crippen LogP contribution in [0.4, 0.5) is 0 Å². The lowest BCUT2D eigenvalue weighted by atomic mass is 9.87. The molecule has 1 aromatic carbocycles. The molecule has 1 heteroatoms. The molecule has 0 aromatic heterocycles. The number of rotatable bonds is 4. The highest BCUT2D eigenvalue weighted by Crippen LogP contribution is 2.23. The monoisotopic (exact) mass is 220 g/mol. The number of benzene rings is 1. The van der Waals surface area contributed by atoms with Crippen molar-refractivity contribution in [3.8, 4) is 0 Å². The molecule has 0 radical (unpaired) electrons. The van der Waals surface area contributed by atoms with Crippen LogP contribution in [0.3, 0.4) is 0 Å². The first-order chi connectivity index (χ1) is 7.04. The van der Waals surface area contributed by atoms with Gasteiger partial charge in [-0.1, -0.05) is 51.1 Å². The Bertz CT molecular complexity index is 303. The van der Waals surface area contributed by atoms with Gasteiger partial charge < -0.3 is 0 Å². The maximum absolute atomic E-state index is 3.72. The van der Waals surface area contributed by atoms with Crippen LogP contribution < -0.4 is 0 Å². The average molecular weight is 220 g/mol. The molecule has 82 valence electrons. The molecule has 0 amide bonds. The van der Waals surface area contributed by atoms with Gasteiger partial charge in [0.2, 0.25) is 0 Å². The van der Waals surface area contributed by atoms with Crippen molar-refractivity contribution in [3.05, 3.63) is 48.0 Å². The maximum atomic E-state index is 3.72. The van der Waals surface area contributed by atoms with Crippen LogP contribution in [0.1, 0.15) is 31.9 Å². The Hall–Kier alpha value is -0.690. The lowest BCUT2D eigenvalue weighted by Crippen LogP contribution is -2.10. The summed E-state index contributed by atoms with van der Waals surface area (Å²) in [6.07, 6.45) is 1.95. The molecule has 0 aliphatic carbocycles. The van der Waals surface area contributed by atoms with Crippen LogP contribution in [0.15, 0.2) is 36.9 Å². The highest BCUT2D eigenvalue weighted by Gasteiger charge is 2.12. The van der Waals surface area contributed by atoms with Gasteiger partial charge in [-0.3, -0.25) is 0 Å². The van der Waals surface area contributed by atoms with Crippen molar-refractivity contribution < 1.29 is 0 Å². The third-order valence-electron chi connectivity index (χ3n) is 2.32. The van der Waals surface area contributed by atoms with Gasteiger partial charge in [0.05, 0.1) is 0 Å². The normalized spacial score (nSPS) is 11.4. The third-order valence-corrected chi connectivity index (χ3v) is 3.33. The van der Waals surface area contributed by atoms with E-state index in [1.165, 1.54) is 11.1 Å². The molecule has 0 spiro atoms. The standard InChI is InChI=1S/C14H20S/c1-5-10-15-11-12-6-8-13(9-7-12)14(2,3)4/h5-9H,1,10-11H2,2-4H3. The first-order valence-electron chi connectivity index (χ1n) is 5.32. The topological polar surface area (TPSA) is 0 Å². The van der Waals surface area contributed by atoms with Gasteiger partial charge in [-0.25, -0.2) is 0 Å². The smallest absolute Gasteiger partial charge is 0.0187 e. The van der Waals surface area contributed by atoms with Gasteiger partial charge in [-0.05, 0) is 16.5 Å². The Kier molecular flexibility index (Phi) is 4.46. The minimum atomic E-state index is 0.257. The average Bonchev–Trinajstić information content (AvgIpc) is 2.18. The van der Waals surface area contributed by atoms with E-state index in [-0.39, 0.29) is 5.41 Å². The minimum absolute atomic E-state index is 0.257. The highest BCUT2D eigenvalue weighted by molar-refractivity contribution is 7.98. The highest BCUT2D eigenvalue weighted by atomic mass is 32.2. The molecule has 0 saturated carbocycles. The molecule has 0 unspecified atom stereocenters. The summed E-state index contributed by atoms with van der Waals surface area (Å²) in [4.78, 5) is 0. The molecule has 1 rings (SSSR count). The summed E-state index contributed by atoms with van der Waals surface area (Å²) in [5.41, 5.74) is 3.06. The van der Waals surface area contributed by atoms with E-state index < -0.39 is 0 Å². The summed E-state index contributed by atoms with van der Waals surface area (Å²) in [7, 11) is 0. The summed E-state index contributed by atoms with van der Waals surface area (Å²) in [6, 6.07) is 8.95. The molecule has 0 nitrogen and oxygen atoms in total. The zero-order valence-electron chi connectivity index (χ0n) is 9.92. The molecule has 0 bridgehead atoms. The number of thioether (sulfide) groups is 1. The van der Waals surface area contributed by atoms with Crippen molar-refractivity contribution in [2.45, 2.75) is 31.9 Å². The molecule has 0 N–H and O–H groups in total. The van der Waals surface area contributed by atoms with Crippen molar-refractivity contribution in [1.29, 1.82) is 0 Å². The van der Waals surface area contributed by atoms with Crippen LogP contribution in [-0.4, -0.2) is 5.75 Å². The van der Waals surface area contributed by atoms with Gasteiger partial charge >= 0.3 is 0 Å². The summed E-state index contributed by atoms with van der Waals surface area (Å²) in [6.45, 7) is 10.5. The van der Waals surface area contributed by atoms with E-state index in [1.54, 1.807) is 0 Å². The van der Waals surface area contributed by atoms with Gasteiger partial charge in [0, 0.05) is 11.5 Å². The summed E-state index contributed by atoms with van der Waals surface area (Å²) >= 11 is 1.90. The molecule has 0 heterocycles. The van der Waals surface area contributed by atoms with Crippen molar-refractivity contribution in [2.75, 3.05) is 5.75 Å². The summed E-state index contributed by atoms with van der Waals surface area (Å²) in [5.74, 6) is 2.11. The molecular weight excluding hydrogens is 200 g/mol. The van der Waals surface area contributed by atoms with Gasteiger partial charge in [0.1, 0.15) is 0 Å². The summed E-state index contributed by atoms with van der Waals surface area (Å²) < 4.78 is 0.